The van der Waals surface area contributed by atoms with Crippen LogP contribution in [0, 0.1) is 17.1 Å². The Morgan fingerprint density at radius 1 is 1.41 bits per heavy atom. The second kappa shape index (κ2) is 9.72. The second-order valence-electron chi connectivity index (χ2n) is 8.29. The van der Waals surface area contributed by atoms with E-state index in [9.17, 15) is 28.9 Å². The zero-order valence-corrected chi connectivity index (χ0v) is 20.2. The van der Waals surface area contributed by atoms with Gasteiger partial charge in [0.25, 0.3) is 5.91 Å². The lowest BCUT2D eigenvalue weighted by atomic mass is 9.85. The van der Waals surface area contributed by atoms with E-state index in [2.05, 4.69) is 9.35 Å². The number of benzene rings is 1. The Bertz CT molecular complexity index is 1190. The van der Waals surface area contributed by atoms with Gasteiger partial charge in [0.05, 0.1) is 24.8 Å². The Labute approximate surface area is 191 Å². The molecule has 1 amide bonds. The van der Waals surface area contributed by atoms with Crippen LogP contribution in [0.3, 0.4) is 0 Å². The maximum absolute atomic E-state index is 14.9. The summed E-state index contributed by atoms with van der Waals surface area (Å²) >= 11 is 0.780. The van der Waals surface area contributed by atoms with E-state index in [1.807, 2.05) is 19.9 Å². The summed E-state index contributed by atoms with van der Waals surface area (Å²) in [4.78, 5) is 16.7. The first-order valence-corrected chi connectivity index (χ1v) is 12.3. The van der Waals surface area contributed by atoms with Crippen LogP contribution in [0.15, 0.2) is 20.8 Å². The molecule has 0 aliphatic heterocycles. The molecule has 174 valence electrons. The maximum Gasteiger partial charge on any atom is 0.259 e. The molecule has 1 heterocycles. The van der Waals surface area contributed by atoms with Gasteiger partial charge in [-0.3, -0.25) is 4.79 Å². The van der Waals surface area contributed by atoms with Gasteiger partial charge in [-0.1, -0.05) is 27.7 Å². The zero-order chi connectivity index (χ0) is 24.4. The van der Waals surface area contributed by atoms with Crippen LogP contribution in [0.5, 0.6) is 0 Å². The van der Waals surface area contributed by atoms with E-state index < -0.39 is 33.8 Å². The van der Waals surface area contributed by atoms with Gasteiger partial charge in [0.2, 0.25) is 0 Å². The summed E-state index contributed by atoms with van der Waals surface area (Å²) in [6.07, 6.45) is 0.807. The van der Waals surface area contributed by atoms with Crippen molar-refractivity contribution in [3.63, 3.8) is 0 Å². The molecular formula is C21H27FN4O4S2. The number of aliphatic hydroxyl groups excluding tert-OH is 1. The maximum atomic E-state index is 14.9. The fraction of sp³-hybridized carbons (Fsp3) is 0.476. The number of carbonyl (C=O) groups is 1. The second-order valence-corrected chi connectivity index (χ2v) is 11.3. The SMILES string of the molecule is CC(C)c1cc(C#N)c(F)c(C(C)C)c1CC(=O)N=S(N)(=O)c1cnc([C@](C)(O)CO)s1. The van der Waals surface area contributed by atoms with E-state index in [-0.39, 0.29) is 38.6 Å². The summed E-state index contributed by atoms with van der Waals surface area (Å²) in [5.74, 6) is -1.90. The molecule has 0 spiro atoms. The van der Waals surface area contributed by atoms with Crippen molar-refractivity contribution in [2.45, 2.75) is 62.7 Å². The smallest absolute Gasteiger partial charge is 0.259 e. The van der Waals surface area contributed by atoms with Crippen LogP contribution < -0.4 is 5.14 Å². The van der Waals surface area contributed by atoms with Gasteiger partial charge in [0, 0.05) is 0 Å². The Morgan fingerprint density at radius 3 is 2.53 bits per heavy atom. The highest BCUT2D eigenvalue weighted by atomic mass is 32.2. The van der Waals surface area contributed by atoms with Crippen LogP contribution in [-0.2, 0) is 26.7 Å². The van der Waals surface area contributed by atoms with Crippen molar-refractivity contribution in [1.82, 2.24) is 4.98 Å². The minimum atomic E-state index is -3.67. The Morgan fingerprint density at radius 2 is 2.03 bits per heavy atom. The van der Waals surface area contributed by atoms with E-state index in [1.54, 1.807) is 13.8 Å². The van der Waals surface area contributed by atoms with Crippen molar-refractivity contribution in [3.8, 4) is 6.07 Å². The Kier molecular flexibility index (Phi) is 7.91. The molecule has 0 saturated heterocycles. The van der Waals surface area contributed by atoms with Gasteiger partial charge in [-0.05, 0) is 41.5 Å². The van der Waals surface area contributed by atoms with Crippen molar-refractivity contribution in [3.05, 3.63) is 45.3 Å². The van der Waals surface area contributed by atoms with Gasteiger partial charge in [0.15, 0.2) is 9.92 Å². The molecule has 0 saturated carbocycles. The van der Waals surface area contributed by atoms with Gasteiger partial charge in [-0.2, -0.15) is 5.26 Å². The Balaban J connectivity index is 2.53. The third kappa shape index (κ3) is 5.39. The van der Waals surface area contributed by atoms with Gasteiger partial charge in [-0.15, -0.1) is 15.7 Å². The topological polar surface area (TPSA) is 150 Å². The number of amides is 1. The summed E-state index contributed by atoms with van der Waals surface area (Å²) in [6, 6.07) is 3.28. The summed E-state index contributed by atoms with van der Waals surface area (Å²) in [7, 11) is -3.67. The number of halogens is 1. The number of hydrogen-bond donors (Lipinski definition) is 3. The number of rotatable bonds is 7. The van der Waals surface area contributed by atoms with Crippen LogP contribution in [0.25, 0.3) is 0 Å². The average molecular weight is 483 g/mol. The number of carbonyl (C=O) groups excluding carboxylic acids is 1. The lowest BCUT2D eigenvalue weighted by Gasteiger charge is -2.20. The van der Waals surface area contributed by atoms with Crippen molar-refractivity contribution in [2.75, 3.05) is 6.61 Å². The molecule has 4 N–H and O–H groups in total. The van der Waals surface area contributed by atoms with E-state index in [4.69, 9.17) is 5.14 Å². The van der Waals surface area contributed by atoms with Crippen LogP contribution >= 0.6 is 11.3 Å². The first-order chi connectivity index (χ1) is 14.7. The van der Waals surface area contributed by atoms with Gasteiger partial charge >= 0.3 is 0 Å². The molecule has 0 aliphatic carbocycles. The monoisotopic (exact) mass is 482 g/mol. The van der Waals surface area contributed by atoms with Gasteiger partial charge < -0.3 is 10.2 Å². The first-order valence-electron chi connectivity index (χ1n) is 9.87. The van der Waals surface area contributed by atoms with Crippen molar-refractivity contribution in [1.29, 1.82) is 5.26 Å². The van der Waals surface area contributed by atoms with Gasteiger partial charge in [0.1, 0.15) is 26.7 Å². The number of thiazole rings is 1. The fourth-order valence-electron chi connectivity index (χ4n) is 3.23. The molecule has 1 aromatic heterocycles. The Hall–Kier alpha value is -2.23. The number of aliphatic hydroxyl groups is 2. The quantitative estimate of drug-likeness (QED) is 0.552. The van der Waals surface area contributed by atoms with Crippen molar-refractivity contribution in [2.24, 2.45) is 9.50 Å². The molecule has 0 aliphatic rings. The number of nitriles is 1. The highest BCUT2D eigenvalue weighted by Crippen LogP contribution is 2.33. The van der Waals surface area contributed by atoms with Crippen molar-refractivity contribution < 1.29 is 23.6 Å². The molecule has 11 heteroatoms. The van der Waals surface area contributed by atoms with Gasteiger partial charge in [-0.25, -0.2) is 18.7 Å². The number of nitrogens with two attached hydrogens (primary N) is 1. The molecule has 1 unspecified atom stereocenters. The van der Waals surface area contributed by atoms with E-state index in [0.29, 0.717) is 11.1 Å². The summed E-state index contributed by atoms with van der Waals surface area (Å²) in [5.41, 5.74) is -0.456. The highest BCUT2D eigenvalue weighted by Gasteiger charge is 2.28. The molecule has 8 nitrogen and oxygen atoms in total. The first kappa shape index (κ1) is 26.0. The minimum Gasteiger partial charge on any atom is -0.393 e. The molecule has 0 bridgehead atoms. The molecule has 2 atom stereocenters. The molecule has 32 heavy (non-hydrogen) atoms. The van der Waals surface area contributed by atoms with E-state index >= 15 is 0 Å². The number of aromatic nitrogens is 1. The predicted octanol–water partition coefficient (Wildman–Crippen LogP) is 3.07. The van der Waals surface area contributed by atoms with Crippen LogP contribution in [0.4, 0.5) is 4.39 Å². The fourth-order valence-corrected chi connectivity index (χ4v) is 5.40. The van der Waals surface area contributed by atoms with E-state index in [1.165, 1.54) is 13.0 Å². The normalized spacial score (nSPS) is 15.3. The number of hydrogen-bond acceptors (Lipinski definition) is 7. The lowest BCUT2D eigenvalue weighted by molar-refractivity contribution is -0.117. The molecule has 0 fully saturated rings. The molecule has 0 radical (unpaired) electrons. The average Bonchev–Trinajstić information content (AvgIpc) is 3.19. The largest absolute Gasteiger partial charge is 0.393 e. The molecular weight excluding hydrogens is 455 g/mol. The van der Waals surface area contributed by atoms with Crippen LogP contribution in [0.2, 0.25) is 0 Å². The van der Waals surface area contributed by atoms with Crippen molar-refractivity contribution >= 4 is 27.2 Å². The minimum absolute atomic E-state index is 0.0336. The highest BCUT2D eigenvalue weighted by molar-refractivity contribution is 7.93. The molecule has 2 rings (SSSR count). The predicted molar refractivity (Wildman–Crippen MR) is 120 cm³/mol. The zero-order valence-electron chi connectivity index (χ0n) is 18.5. The molecule has 1 aromatic carbocycles. The summed E-state index contributed by atoms with van der Waals surface area (Å²) < 4.78 is 31.5. The number of nitrogens with zero attached hydrogens (tertiary/aromatic N) is 3. The van der Waals surface area contributed by atoms with Crippen LogP contribution in [0.1, 0.15) is 73.7 Å². The summed E-state index contributed by atoms with van der Waals surface area (Å²) in [5, 5.41) is 34.5. The standard InChI is InChI=1S/C21H27FN4O4S2/c1-11(2)14-6-13(8-23)19(22)18(12(3)4)15(14)7-16(28)26-32(24,30)17-9-25-20(31-17)21(5,29)10-27/h6,9,11-12,27,29H,7,10H2,1-5H3,(H2,24,26,28,30)/t21-,32?/m1/s1. The third-order valence-corrected chi connectivity index (χ3v) is 8.04. The molecule has 2 aromatic rings. The van der Waals surface area contributed by atoms with Crippen LogP contribution in [-0.4, -0.2) is 31.9 Å². The third-order valence-electron chi connectivity index (χ3n) is 4.87. The summed E-state index contributed by atoms with van der Waals surface area (Å²) in [6.45, 7) is 7.96. The lowest BCUT2D eigenvalue weighted by Crippen LogP contribution is -2.25. The van der Waals surface area contributed by atoms with E-state index in [0.717, 1.165) is 17.5 Å².